The highest BCUT2D eigenvalue weighted by Gasteiger charge is 2.37. The Morgan fingerprint density at radius 2 is 1.82 bits per heavy atom. The molecule has 0 radical (unpaired) electrons. The van der Waals surface area contributed by atoms with Crippen LogP contribution in [0.5, 0.6) is 0 Å². The number of hydrogen-bond donors (Lipinski definition) is 0. The Morgan fingerprint density at radius 1 is 1.00 bits per heavy atom. The molecule has 5 heterocycles. The zero-order chi connectivity index (χ0) is 18.9. The van der Waals surface area contributed by atoms with Gasteiger partial charge in [0.25, 0.3) is 0 Å². The van der Waals surface area contributed by atoms with E-state index in [1.54, 1.807) is 4.80 Å². The Kier molecular flexibility index (Phi) is 4.52. The minimum absolute atomic E-state index is 0.123. The van der Waals surface area contributed by atoms with Crippen LogP contribution in [0.1, 0.15) is 18.4 Å². The van der Waals surface area contributed by atoms with Crippen LogP contribution >= 0.6 is 0 Å². The van der Waals surface area contributed by atoms with E-state index in [1.807, 2.05) is 42.7 Å². The Morgan fingerprint density at radius 3 is 2.57 bits per heavy atom. The van der Waals surface area contributed by atoms with Gasteiger partial charge in [0.1, 0.15) is 17.6 Å². The molecule has 0 N–H and O–H groups in total. The van der Waals surface area contributed by atoms with E-state index < -0.39 is 0 Å². The SMILES string of the molecule is O=C(Cn1nc2ccccc2n1)N1C[C@H]2CC[C@@H]1CN(Cc1cccnc1)C2. The summed E-state index contributed by atoms with van der Waals surface area (Å²) in [6.45, 7) is 3.91. The lowest BCUT2D eigenvalue weighted by Gasteiger charge is -2.36. The number of carbonyl (C=O) groups is 1. The van der Waals surface area contributed by atoms with Crippen molar-refractivity contribution in [3.8, 4) is 0 Å². The molecule has 1 amide bonds. The van der Waals surface area contributed by atoms with Crippen molar-refractivity contribution in [2.75, 3.05) is 19.6 Å². The van der Waals surface area contributed by atoms with Crippen LogP contribution in [-0.4, -0.2) is 61.4 Å². The highest BCUT2D eigenvalue weighted by atomic mass is 16.2. The van der Waals surface area contributed by atoms with E-state index in [9.17, 15) is 4.79 Å². The zero-order valence-electron chi connectivity index (χ0n) is 15.8. The summed E-state index contributed by atoms with van der Waals surface area (Å²) >= 11 is 0. The smallest absolute Gasteiger partial charge is 0.246 e. The van der Waals surface area contributed by atoms with Gasteiger partial charge in [0.05, 0.1) is 0 Å². The van der Waals surface area contributed by atoms with Crippen molar-refractivity contribution in [1.29, 1.82) is 0 Å². The molecule has 0 unspecified atom stereocenters. The first-order valence-corrected chi connectivity index (χ1v) is 9.95. The third-order valence-corrected chi connectivity index (χ3v) is 5.84. The lowest BCUT2D eigenvalue weighted by molar-refractivity contribution is -0.136. The fraction of sp³-hybridized carbons (Fsp3) is 0.429. The normalized spacial score (nSPS) is 22.5. The van der Waals surface area contributed by atoms with Crippen LogP contribution in [0.25, 0.3) is 11.0 Å². The first-order valence-electron chi connectivity index (χ1n) is 9.95. The highest BCUT2D eigenvalue weighted by Crippen LogP contribution is 2.29. The summed E-state index contributed by atoms with van der Waals surface area (Å²) in [5.41, 5.74) is 2.89. The van der Waals surface area contributed by atoms with E-state index in [1.165, 1.54) is 12.0 Å². The molecule has 28 heavy (non-hydrogen) atoms. The molecule has 3 aliphatic rings. The third kappa shape index (κ3) is 3.49. The van der Waals surface area contributed by atoms with Gasteiger partial charge in [0, 0.05) is 44.6 Å². The van der Waals surface area contributed by atoms with Crippen molar-refractivity contribution < 1.29 is 4.79 Å². The first-order chi connectivity index (χ1) is 13.7. The van der Waals surface area contributed by atoms with Crippen LogP contribution in [0, 0.1) is 5.92 Å². The molecule has 3 saturated heterocycles. The van der Waals surface area contributed by atoms with Crippen LogP contribution in [0.2, 0.25) is 0 Å². The Hall–Kier alpha value is -2.80. The maximum Gasteiger partial charge on any atom is 0.246 e. The number of fused-ring (bicyclic) bond motifs is 5. The number of hydrogen-bond acceptors (Lipinski definition) is 5. The number of aromatic nitrogens is 4. The van der Waals surface area contributed by atoms with E-state index in [0.29, 0.717) is 5.92 Å². The molecule has 7 nitrogen and oxygen atoms in total. The lowest BCUT2D eigenvalue weighted by atomic mass is 9.95. The predicted octanol–water partition coefficient (Wildman–Crippen LogP) is 1.95. The van der Waals surface area contributed by atoms with Gasteiger partial charge in [0.2, 0.25) is 5.91 Å². The van der Waals surface area contributed by atoms with Crippen molar-refractivity contribution in [2.45, 2.75) is 32.0 Å². The third-order valence-electron chi connectivity index (χ3n) is 5.84. The Bertz CT molecular complexity index is 938. The summed E-state index contributed by atoms with van der Waals surface area (Å²) in [7, 11) is 0. The fourth-order valence-electron chi connectivity index (χ4n) is 4.55. The number of benzene rings is 1. The molecule has 1 aromatic carbocycles. The Labute approximate surface area is 164 Å². The summed E-state index contributed by atoms with van der Waals surface area (Å²) in [4.78, 5) is 23.4. The van der Waals surface area contributed by atoms with Crippen LogP contribution < -0.4 is 0 Å². The molecule has 7 heteroatoms. The molecule has 2 atom stereocenters. The van der Waals surface area contributed by atoms with Gasteiger partial charge >= 0.3 is 0 Å². The van der Waals surface area contributed by atoms with E-state index in [0.717, 1.165) is 43.6 Å². The van der Waals surface area contributed by atoms with Crippen LogP contribution in [0.3, 0.4) is 0 Å². The number of carbonyl (C=O) groups excluding carboxylic acids is 1. The van der Waals surface area contributed by atoms with Gasteiger partial charge in [-0.1, -0.05) is 18.2 Å². The van der Waals surface area contributed by atoms with Crippen LogP contribution in [0.4, 0.5) is 0 Å². The lowest BCUT2D eigenvalue weighted by Crippen LogP contribution is -2.48. The molecule has 6 rings (SSSR count). The average Bonchev–Trinajstić information content (AvgIpc) is 2.91. The van der Waals surface area contributed by atoms with E-state index in [2.05, 4.69) is 31.0 Å². The molecule has 2 bridgehead atoms. The zero-order valence-corrected chi connectivity index (χ0v) is 15.8. The van der Waals surface area contributed by atoms with Gasteiger partial charge < -0.3 is 4.90 Å². The van der Waals surface area contributed by atoms with Crippen LogP contribution in [-0.2, 0) is 17.9 Å². The van der Waals surface area contributed by atoms with Gasteiger partial charge in [-0.3, -0.25) is 14.7 Å². The molecule has 3 fully saturated rings. The Balaban J connectivity index is 1.28. The molecular weight excluding hydrogens is 352 g/mol. The van der Waals surface area contributed by atoms with Gasteiger partial charge in [0.15, 0.2) is 0 Å². The molecule has 144 valence electrons. The first kappa shape index (κ1) is 17.3. The average molecular weight is 376 g/mol. The number of piperidine rings is 1. The van der Waals surface area contributed by atoms with Gasteiger partial charge in [-0.05, 0) is 42.5 Å². The molecule has 2 aromatic heterocycles. The van der Waals surface area contributed by atoms with E-state index in [4.69, 9.17) is 0 Å². The number of amides is 1. The molecule has 0 saturated carbocycles. The van der Waals surface area contributed by atoms with Crippen molar-refractivity contribution in [1.82, 2.24) is 29.8 Å². The van der Waals surface area contributed by atoms with Gasteiger partial charge in [-0.2, -0.15) is 15.0 Å². The van der Waals surface area contributed by atoms with Gasteiger partial charge in [-0.15, -0.1) is 0 Å². The monoisotopic (exact) mass is 376 g/mol. The minimum Gasteiger partial charge on any atom is -0.336 e. The second-order valence-corrected chi connectivity index (χ2v) is 7.92. The predicted molar refractivity (Wildman–Crippen MR) is 105 cm³/mol. The highest BCUT2D eigenvalue weighted by molar-refractivity contribution is 5.77. The molecule has 0 spiro atoms. The van der Waals surface area contributed by atoms with Crippen molar-refractivity contribution in [3.05, 3.63) is 54.4 Å². The summed E-state index contributed by atoms with van der Waals surface area (Å²) in [5.74, 6) is 0.655. The van der Waals surface area contributed by atoms with Crippen molar-refractivity contribution in [2.24, 2.45) is 5.92 Å². The maximum absolute atomic E-state index is 13.0. The summed E-state index contributed by atoms with van der Waals surface area (Å²) in [6.07, 6.45) is 6.02. The summed E-state index contributed by atoms with van der Waals surface area (Å²) in [6, 6.07) is 12.1. The standard InChI is InChI=1S/C21H24N6O/c28-21(15-27-23-19-5-1-2-6-20(19)24-27)26-13-17-7-8-18(26)14-25(12-17)11-16-4-3-9-22-10-16/h1-6,9-10,17-18H,7-8,11-15H2/t17-,18+/m0/s1. The number of pyridine rings is 1. The quantitative estimate of drug-likeness (QED) is 0.696. The van der Waals surface area contributed by atoms with Crippen molar-refractivity contribution >= 4 is 16.9 Å². The molecule has 0 aliphatic carbocycles. The van der Waals surface area contributed by atoms with Crippen molar-refractivity contribution in [3.63, 3.8) is 0 Å². The largest absolute Gasteiger partial charge is 0.336 e. The maximum atomic E-state index is 13.0. The van der Waals surface area contributed by atoms with Gasteiger partial charge in [-0.25, -0.2) is 0 Å². The molecule has 3 aromatic rings. The second kappa shape index (κ2) is 7.31. The summed E-state index contributed by atoms with van der Waals surface area (Å²) < 4.78 is 0. The fourth-order valence-corrected chi connectivity index (χ4v) is 4.55. The van der Waals surface area contributed by atoms with E-state index in [-0.39, 0.29) is 18.5 Å². The van der Waals surface area contributed by atoms with Crippen LogP contribution in [0.15, 0.2) is 48.8 Å². The number of rotatable bonds is 4. The second-order valence-electron chi connectivity index (χ2n) is 7.92. The van der Waals surface area contributed by atoms with E-state index >= 15 is 0 Å². The molecular formula is C21H24N6O. The summed E-state index contributed by atoms with van der Waals surface area (Å²) in [5, 5.41) is 8.89. The molecule has 3 aliphatic heterocycles. The number of nitrogens with zero attached hydrogens (tertiary/aromatic N) is 6. The topological polar surface area (TPSA) is 67.2 Å². The minimum atomic E-state index is 0.123.